The summed E-state index contributed by atoms with van der Waals surface area (Å²) in [7, 11) is -1.81. The van der Waals surface area contributed by atoms with Crippen LogP contribution in [-0.4, -0.2) is 69.9 Å². The molecule has 2 aliphatic rings. The van der Waals surface area contributed by atoms with E-state index in [0.717, 1.165) is 31.9 Å². The summed E-state index contributed by atoms with van der Waals surface area (Å²) in [6.07, 6.45) is 0.118. The van der Waals surface area contributed by atoms with Gasteiger partial charge in [0, 0.05) is 44.0 Å². The third-order valence-electron chi connectivity index (χ3n) is 6.54. The van der Waals surface area contributed by atoms with Crippen LogP contribution in [0.1, 0.15) is 42.7 Å². The summed E-state index contributed by atoms with van der Waals surface area (Å²) in [5, 5.41) is 8.49. The zero-order valence-corrected chi connectivity index (χ0v) is 21.1. The summed E-state index contributed by atoms with van der Waals surface area (Å²) in [5.74, 6) is -0.480. The quantitative estimate of drug-likeness (QED) is 0.628. The molecule has 2 heterocycles. The summed E-state index contributed by atoms with van der Waals surface area (Å²) < 4.78 is 49.5. The number of likely N-dealkylation sites (N-methyl/N-ethyl adjacent to an activating group) is 1. The van der Waals surface area contributed by atoms with Crippen LogP contribution in [0.3, 0.4) is 0 Å². The molecular formula is C25H33FN4O4S. The Kier molecular flexibility index (Phi) is 7.35. The van der Waals surface area contributed by atoms with Crippen molar-refractivity contribution in [1.29, 1.82) is 0 Å². The molecule has 10 heteroatoms. The van der Waals surface area contributed by atoms with Crippen molar-refractivity contribution < 1.29 is 22.7 Å². The molecule has 0 amide bonds. The standard InChI is InChI=1S/C25H33FN4O4S/c1-25(2)23(18-8-10-19(11-9-18)30-15-13-29(3)14-16-30)35(32,33)28-24(34-25)27-22(12-17-31)20-6-4-5-7-21(20)26/h4-11,22-23,31H,12-17H2,1-3H3,(H,27,28). The van der Waals surface area contributed by atoms with E-state index >= 15 is 0 Å². The first-order valence-corrected chi connectivity index (χ1v) is 13.3. The van der Waals surface area contributed by atoms with Crippen LogP contribution in [0.15, 0.2) is 53.5 Å². The van der Waals surface area contributed by atoms with Crippen molar-refractivity contribution in [2.24, 2.45) is 4.99 Å². The van der Waals surface area contributed by atoms with Gasteiger partial charge in [0.25, 0.3) is 6.02 Å². The summed E-state index contributed by atoms with van der Waals surface area (Å²) in [6, 6.07) is 12.7. The van der Waals surface area contributed by atoms with E-state index in [0.29, 0.717) is 5.56 Å². The second-order valence-corrected chi connectivity index (χ2v) is 11.4. The molecule has 8 nitrogen and oxygen atoms in total. The van der Waals surface area contributed by atoms with Gasteiger partial charge in [0.05, 0.1) is 6.04 Å². The molecule has 0 spiro atoms. The first kappa shape index (κ1) is 25.4. The van der Waals surface area contributed by atoms with E-state index in [-0.39, 0.29) is 24.6 Å². The fourth-order valence-electron chi connectivity index (χ4n) is 4.73. The van der Waals surface area contributed by atoms with Crippen molar-refractivity contribution in [2.75, 3.05) is 44.7 Å². The lowest BCUT2D eigenvalue weighted by molar-refractivity contribution is 0.0758. The number of sulfonamides is 1. The summed E-state index contributed by atoms with van der Waals surface area (Å²) in [6.45, 7) is 6.96. The van der Waals surface area contributed by atoms with Crippen molar-refractivity contribution in [2.45, 2.75) is 37.2 Å². The van der Waals surface area contributed by atoms with E-state index in [2.05, 4.69) is 26.6 Å². The predicted octanol–water partition coefficient (Wildman–Crippen LogP) is 2.83. The fraction of sp³-hybridized carbons (Fsp3) is 0.480. The SMILES string of the molecule is CN1CCN(c2ccc(C3C(C)(C)OC(=NC(CCO)c4ccccc4F)NS3(=O)=O)cc2)CC1. The predicted molar refractivity (Wildman–Crippen MR) is 134 cm³/mol. The molecule has 2 atom stereocenters. The van der Waals surface area contributed by atoms with Gasteiger partial charge >= 0.3 is 0 Å². The zero-order chi connectivity index (χ0) is 25.2. The van der Waals surface area contributed by atoms with Gasteiger partial charge in [-0.15, -0.1) is 0 Å². The number of hydrogen-bond acceptors (Lipinski definition) is 7. The number of aliphatic hydroxyl groups excluding tert-OH is 1. The fourth-order valence-corrected chi connectivity index (χ4v) is 6.50. The monoisotopic (exact) mass is 504 g/mol. The molecular weight excluding hydrogens is 471 g/mol. The number of aliphatic hydroxyl groups is 1. The van der Waals surface area contributed by atoms with Crippen LogP contribution in [0.25, 0.3) is 0 Å². The Morgan fingerprint density at radius 3 is 2.40 bits per heavy atom. The highest BCUT2D eigenvalue weighted by atomic mass is 32.2. The van der Waals surface area contributed by atoms with Crippen LogP contribution >= 0.6 is 0 Å². The smallest absolute Gasteiger partial charge is 0.299 e. The number of anilines is 1. The average Bonchev–Trinajstić information content (AvgIpc) is 2.79. The lowest BCUT2D eigenvalue weighted by Crippen LogP contribution is -2.53. The molecule has 0 radical (unpaired) electrons. The summed E-state index contributed by atoms with van der Waals surface area (Å²) >= 11 is 0. The highest BCUT2D eigenvalue weighted by Gasteiger charge is 2.48. The molecule has 2 aromatic rings. The molecule has 0 aliphatic carbocycles. The number of rotatable bonds is 6. The topological polar surface area (TPSA) is 94.5 Å². The average molecular weight is 505 g/mol. The number of aliphatic imine (C=N–C) groups is 1. The van der Waals surface area contributed by atoms with Crippen LogP contribution in [-0.2, 0) is 14.8 Å². The van der Waals surface area contributed by atoms with Crippen molar-refractivity contribution in [3.8, 4) is 0 Å². The van der Waals surface area contributed by atoms with Crippen LogP contribution < -0.4 is 9.62 Å². The Bertz CT molecular complexity index is 1160. The number of nitrogens with one attached hydrogen (secondary N) is 1. The highest BCUT2D eigenvalue weighted by molar-refractivity contribution is 7.90. The molecule has 35 heavy (non-hydrogen) atoms. The van der Waals surface area contributed by atoms with Crippen molar-refractivity contribution in [3.05, 3.63) is 65.5 Å². The minimum Gasteiger partial charge on any atom is -0.457 e. The molecule has 2 N–H and O–H groups in total. The van der Waals surface area contributed by atoms with Crippen LogP contribution in [0.4, 0.5) is 10.1 Å². The summed E-state index contributed by atoms with van der Waals surface area (Å²) in [4.78, 5) is 8.92. The largest absolute Gasteiger partial charge is 0.457 e. The first-order valence-electron chi connectivity index (χ1n) is 11.8. The Morgan fingerprint density at radius 1 is 1.14 bits per heavy atom. The number of nitrogens with zero attached hydrogens (tertiary/aromatic N) is 3. The van der Waals surface area contributed by atoms with Crippen molar-refractivity contribution in [3.63, 3.8) is 0 Å². The maximum atomic E-state index is 14.4. The van der Waals surface area contributed by atoms with E-state index in [1.807, 2.05) is 24.3 Å². The molecule has 2 unspecified atom stereocenters. The van der Waals surface area contributed by atoms with Gasteiger partial charge in [-0.05, 0) is 51.1 Å². The highest BCUT2D eigenvalue weighted by Crippen LogP contribution is 2.39. The van der Waals surface area contributed by atoms with Gasteiger partial charge in [-0.25, -0.2) is 22.5 Å². The third-order valence-corrected chi connectivity index (χ3v) is 8.45. The Labute approximate surface area is 206 Å². The second kappa shape index (κ2) is 10.1. The van der Waals surface area contributed by atoms with E-state index in [1.54, 1.807) is 32.0 Å². The molecule has 0 saturated carbocycles. The minimum absolute atomic E-state index is 0.118. The molecule has 0 bridgehead atoms. The van der Waals surface area contributed by atoms with Gasteiger partial charge in [-0.2, -0.15) is 0 Å². The van der Waals surface area contributed by atoms with Crippen LogP contribution in [0.2, 0.25) is 0 Å². The first-order chi connectivity index (χ1) is 16.6. The molecule has 0 aromatic heterocycles. The Morgan fingerprint density at radius 2 is 1.80 bits per heavy atom. The molecule has 190 valence electrons. The van der Waals surface area contributed by atoms with Gasteiger partial charge < -0.3 is 19.6 Å². The van der Waals surface area contributed by atoms with Crippen LogP contribution in [0.5, 0.6) is 0 Å². The third kappa shape index (κ3) is 5.60. The van der Waals surface area contributed by atoms with Gasteiger partial charge in [0.2, 0.25) is 10.0 Å². The molecule has 2 saturated heterocycles. The number of piperazine rings is 1. The molecule has 2 fully saturated rings. The minimum atomic E-state index is -3.91. The number of hydrogen-bond donors (Lipinski definition) is 2. The van der Waals surface area contributed by atoms with E-state index < -0.39 is 32.7 Å². The van der Waals surface area contributed by atoms with Crippen molar-refractivity contribution >= 4 is 21.7 Å². The lowest BCUT2D eigenvalue weighted by atomic mass is 9.97. The maximum absolute atomic E-state index is 14.4. The zero-order valence-electron chi connectivity index (χ0n) is 20.3. The lowest BCUT2D eigenvalue weighted by Gasteiger charge is -2.40. The van der Waals surface area contributed by atoms with E-state index in [9.17, 15) is 17.9 Å². The van der Waals surface area contributed by atoms with Gasteiger partial charge in [0.15, 0.2) is 0 Å². The molecule has 2 aromatic carbocycles. The Hall–Kier alpha value is -2.69. The van der Waals surface area contributed by atoms with Gasteiger partial charge in [0.1, 0.15) is 16.7 Å². The van der Waals surface area contributed by atoms with Gasteiger partial charge in [-0.1, -0.05) is 30.3 Å². The maximum Gasteiger partial charge on any atom is 0.299 e. The van der Waals surface area contributed by atoms with E-state index in [4.69, 9.17) is 4.74 Å². The molecule has 2 aliphatic heterocycles. The van der Waals surface area contributed by atoms with Crippen LogP contribution in [0, 0.1) is 5.82 Å². The molecule has 4 rings (SSSR count). The summed E-state index contributed by atoms with van der Waals surface area (Å²) in [5.41, 5.74) is 0.787. The number of ether oxygens (including phenoxy) is 1. The Balaban J connectivity index is 1.58. The van der Waals surface area contributed by atoms with Crippen molar-refractivity contribution in [1.82, 2.24) is 9.62 Å². The number of halogens is 1. The van der Waals surface area contributed by atoms with Gasteiger partial charge in [-0.3, -0.25) is 0 Å². The second-order valence-electron chi connectivity index (χ2n) is 9.60. The normalized spacial score (nSPS) is 24.0. The number of amidine groups is 1. The van der Waals surface area contributed by atoms with E-state index in [1.165, 1.54) is 6.07 Å². The number of benzene rings is 2.